The summed E-state index contributed by atoms with van der Waals surface area (Å²) in [7, 11) is -1.45. The van der Waals surface area contributed by atoms with E-state index in [9.17, 15) is 9.59 Å². The second kappa shape index (κ2) is 6.75. The molecule has 2 rings (SSSR count). The minimum absolute atomic E-state index is 0.0487. The molecule has 0 aromatic heterocycles. The van der Waals surface area contributed by atoms with Crippen molar-refractivity contribution >= 4 is 31.1 Å². The highest BCUT2D eigenvalue weighted by Gasteiger charge is 2.17. The molecule has 2 aromatic carbocycles. The molecular weight excluding hydrogens is 304 g/mol. The number of carboxylic acid groups (broad SMARTS) is 1. The minimum Gasteiger partial charge on any atom is -0.478 e. The second-order valence-corrected chi connectivity index (χ2v) is 11.5. The van der Waals surface area contributed by atoms with Gasteiger partial charge >= 0.3 is 5.97 Å². The summed E-state index contributed by atoms with van der Waals surface area (Å²) in [5.74, 6) is -1.01. The lowest BCUT2D eigenvalue weighted by atomic mass is 10.1. The number of allylic oxidation sites excluding steroid dienone is 1. The Morgan fingerprint density at radius 1 is 0.957 bits per heavy atom. The average Bonchev–Trinajstić information content (AvgIpc) is 2.52. The lowest BCUT2D eigenvalue weighted by Crippen LogP contribution is -2.37. The fraction of sp³-hybridized carbons (Fsp3) is 0.158. The number of benzene rings is 2. The lowest BCUT2D eigenvalue weighted by molar-refractivity contribution is 0.0696. The highest BCUT2D eigenvalue weighted by Crippen LogP contribution is 2.09. The number of aromatic carboxylic acids is 1. The van der Waals surface area contributed by atoms with Crippen molar-refractivity contribution < 1.29 is 14.7 Å². The first-order valence-corrected chi connectivity index (χ1v) is 10.9. The summed E-state index contributed by atoms with van der Waals surface area (Å²) in [6, 6.07) is 14.2. The molecule has 1 N–H and O–H groups in total. The molecule has 0 heterocycles. The fourth-order valence-corrected chi connectivity index (χ4v) is 3.33. The largest absolute Gasteiger partial charge is 0.478 e. The van der Waals surface area contributed by atoms with Gasteiger partial charge in [-0.05, 0) is 23.8 Å². The molecule has 0 amide bonds. The number of carbonyl (C=O) groups excluding carboxylic acids is 1. The van der Waals surface area contributed by atoms with E-state index in [4.69, 9.17) is 5.11 Å². The summed E-state index contributed by atoms with van der Waals surface area (Å²) in [5, 5.41) is 10.1. The van der Waals surface area contributed by atoms with E-state index in [1.54, 1.807) is 18.2 Å². The van der Waals surface area contributed by atoms with Crippen LogP contribution in [0.25, 0.3) is 6.08 Å². The van der Waals surface area contributed by atoms with Crippen molar-refractivity contribution in [2.24, 2.45) is 0 Å². The topological polar surface area (TPSA) is 54.4 Å². The van der Waals surface area contributed by atoms with Crippen LogP contribution >= 0.6 is 0 Å². The standard InChI is InChI=1S/C19H20O3Si/c1-23(2,3)17-6-4-5-16(13-17)18(20)12-9-14-7-10-15(11-8-14)19(21)22/h4-13H,1-3H3,(H,21,22)/b12-9+. The Labute approximate surface area is 137 Å². The summed E-state index contributed by atoms with van der Waals surface area (Å²) in [4.78, 5) is 23.1. The van der Waals surface area contributed by atoms with Crippen LogP contribution in [0.5, 0.6) is 0 Å². The molecule has 0 unspecified atom stereocenters. The first-order valence-electron chi connectivity index (χ1n) is 7.44. The Balaban J connectivity index is 2.17. The van der Waals surface area contributed by atoms with Gasteiger partial charge in [0.2, 0.25) is 0 Å². The van der Waals surface area contributed by atoms with Crippen LogP contribution in [0.4, 0.5) is 0 Å². The Bertz CT molecular complexity index is 753. The summed E-state index contributed by atoms with van der Waals surface area (Å²) in [6.07, 6.45) is 3.23. The monoisotopic (exact) mass is 324 g/mol. The number of ketones is 1. The van der Waals surface area contributed by atoms with Crippen LogP contribution in [-0.4, -0.2) is 24.9 Å². The van der Waals surface area contributed by atoms with Crippen LogP contribution in [0, 0.1) is 0 Å². The van der Waals surface area contributed by atoms with Gasteiger partial charge in [-0.15, -0.1) is 0 Å². The molecule has 0 saturated carbocycles. The Hall–Kier alpha value is -2.46. The molecular formula is C19H20O3Si. The van der Waals surface area contributed by atoms with E-state index in [1.807, 2.05) is 18.2 Å². The molecule has 4 heteroatoms. The summed E-state index contributed by atoms with van der Waals surface area (Å²) >= 11 is 0. The smallest absolute Gasteiger partial charge is 0.335 e. The van der Waals surface area contributed by atoms with Gasteiger partial charge in [0, 0.05) is 5.56 Å². The zero-order valence-corrected chi connectivity index (χ0v) is 14.5. The van der Waals surface area contributed by atoms with Crippen molar-refractivity contribution in [2.45, 2.75) is 19.6 Å². The first-order chi connectivity index (χ1) is 10.8. The number of carboxylic acids is 1. The van der Waals surface area contributed by atoms with Gasteiger partial charge < -0.3 is 5.11 Å². The van der Waals surface area contributed by atoms with E-state index in [0.29, 0.717) is 5.56 Å². The van der Waals surface area contributed by atoms with Crippen LogP contribution in [0.2, 0.25) is 19.6 Å². The predicted octanol–water partition coefficient (Wildman–Crippen LogP) is 3.83. The van der Waals surface area contributed by atoms with Gasteiger partial charge in [-0.2, -0.15) is 0 Å². The van der Waals surface area contributed by atoms with Gasteiger partial charge in [0.15, 0.2) is 5.78 Å². The second-order valence-electron chi connectivity index (χ2n) is 6.46. The third kappa shape index (κ3) is 4.50. The van der Waals surface area contributed by atoms with E-state index < -0.39 is 14.0 Å². The quantitative estimate of drug-likeness (QED) is 0.517. The maximum absolute atomic E-state index is 12.3. The highest BCUT2D eigenvalue weighted by atomic mass is 28.3. The van der Waals surface area contributed by atoms with Crippen molar-refractivity contribution in [3.8, 4) is 0 Å². The SMILES string of the molecule is C[Si](C)(C)c1cccc(C(=O)/C=C/c2ccc(C(=O)O)cc2)c1. The van der Waals surface area contributed by atoms with Crippen molar-refractivity contribution in [1.82, 2.24) is 0 Å². The Kier molecular flexibility index (Phi) is 4.96. The molecule has 0 bridgehead atoms. The number of rotatable bonds is 5. The van der Waals surface area contributed by atoms with Crippen LogP contribution in [-0.2, 0) is 0 Å². The van der Waals surface area contributed by atoms with E-state index >= 15 is 0 Å². The molecule has 0 aliphatic rings. The minimum atomic E-state index is -1.45. The van der Waals surface area contributed by atoms with Gasteiger partial charge in [-0.1, -0.05) is 67.3 Å². The number of carbonyl (C=O) groups is 2. The molecule has 0 saturated heterocycles. The molecule has 0 aliphatic heterocycles. The van der Waals surface area contributed by atoms with Crippen molar-refractivity contribution in [1.29, 1.82) is 0 Å². The number of hydrogen-bond donors (Lipinski definition) is 1. The zero-order chi connectivity index (χ0) is 17.0. The predicted molar refractivity (Wildman–Crippen MR) is 96.2 cm³/mol. The van der Waals surface area contributed by atoms with Gasteiger partial charge in [0.1, 0.15) is 0 Å². The Morgan fingerprint density at radius 3 is 2.17 bits per heavy atom. The van der Waals surface area contributed by atoms with Crippen LogP contribution in [0.3, 0.4) is 0 Å². The van der Waals surface area contributed by atoms with E-state index in [2.05, 4.69) is 25.7 Å². The van der Waals surface area contributed by atoms with Gasteiger partial charge in [0.05, 0.1) is 13.6 Å². The summed E-state index contributed by atoms with van der Waals surface area (Å²) in [6.45, 7) is 6.74. The van der Waals surface area contributed by atoms with Crippen molar-refractivity contribution in [3.05, 3.63) is 71.3 Å². The van der Waals surface area contributed by atoms with E-state index in [0.717, 1.165) is 5.56 Å². The highest BCUT2D eigenvalue weighted by molar-refractivity contribution is 6.88. The molecule has 23 heavy (non-hydrogen) atoms. The van der Waals surface area contributed by atoms with Gasteiger partial charge in [0.25, 0.3) is 0 Å². The first kappa shape index (κ1) is 16.9. The molecule has 0 atom stereocenters. The van der Waals surface area contributed by atoms with E-state index in [1.165, 1.54) is 23.4 Å². The van der Waals surface area contributed by atoms with Crippen molar-refractivity contribution in [2.75, 3.05) is 0 Å². The van der Waals surface area contributed by atoms with Gasteiger partial charge in [-0.3, -0.25) is 4.79 Å². The fourth-order valence-electron chi connectivity index (χ4n) is 2.14. The third-order valence-electron chi connectivity index (χ3n) is 3.60. The Morgan fingerprint density at radius 2 is 1.61 bits per heavy atom. The van der Waals surface area contributed by atoms with Crippen molar-refractivity contribution in [3.63, 3.8) is 0 Å². The van der Waals surface area contributed by atoms with Crippen LogP contribution in [0.15, 0.2) is 54.6 Å². The molecule has 0 spiro atoms. The summed E-state index contributed by atoms with van der Waals surface area (Å²) in [5.41, 5.74) is 1.71. The number of hydrogen-bond acceptors (Lipinski definition) is 2. The van der Waals surface area contributed by atoms with Gasteiger partial charge in [-0.25, -0.2) is 4.79 Å². The maximum Gasteiger partial charge on any atom is 0.335 e. The lowest BCUT2D eigenvalue weighted by Gasteiger charge is -2.16. The van der Waals surface area contributed by atoms with E-state index in [-0.39, 0.29) is 11.3 Å². The van der Waals surface area contributed by atoms with Crippen LogP contribution < -0.4 is 5.19 Å². The average molecular weight is 324 g/mol. The molecule has 2 aromatic rings. The zero-order valence-electron chi connectivity index (χ0n) is 13.5. The molecule has 0 fully saturated rings. The summed E-state index contributed by atoms with van der Waals surface area (Å²) < 4.78 is 0. The molecule has 0 aliphatic carbocycles. The maximum atomic E-state index is 12.3. The molecule has 0 radical (unpaired) electrons. The molecule has 3 nitrogen and oxygen atoms in total. The van der Waals surface area contributed by atoms with Crippen LogP contribution in [0.1, 0.15) is 26.3 Å². The molecule has 118 valence electrons. The normalized spacial score (nSPS) is 11.6. The third-order valence-corrected chi connectivity index (χ3v) is 5.64.